The predicted octanol–water partition coefficient (Wildman–Crippen LogP) is -0.584. The molecule has 2 aromatic carbocycles. The van der Waals surface area contributed by atoms with E-state index in [1.807, 2.05) is 0 Å². The first kappa shape index (κ1) is 18.0. The number of nitrogens with one attached hydrogen (secondary N) is 4. The van der Waals surface area contributed by atoms with E-state index in [1.165, 1.54) is 42.5 Å². The van der Waals surface area contributed by atoms with Crippen LogP contribution in [0.5, 0.6) is 0 Å². The monoisotopic (exact) mass is 360 g/mol. The summed E-state index contributed by atoms with van der Waals surface area (Å²) in [6.07, 6.45) is -0.0923. The molecular weight excluding hydrogens is 344 g/mol. The van der Waals surface area contributed by atoms with Crippen LogP contribution in [0.4, 0.5) is 22.7 Å². The maximum absolute atomic E-state index is 12.4. The van der Waals surface area contributed by atoms with Crippen LogP contribution in [0.3, 0.4) is 0 Å². The minimum Gasteiger partial charge on any atom is -0.595 e. The van der Waals surface area contributed by atoms with Crippen LogP contribution in [0.15, 0.2) is 54.2 Å². The molecule has 3 atom stereocenters. The zero-order chi connectivity index (χ0) is 18.8. The van der Waals surface area contributed by atoms with Gasteiger partial charge in [-0.3, -0.25) is 4.79 Å². The van der Waals surface area contributed by atoms with Crippen molar-refractivity contribution < 1.29 is 30.8 Å². The summed E-state index contributed by atoms with van der Waals surface area (Å²) < 4.78 is 0. The van der Waals surface area contributed by atoms with Gasteiger partial charge >= 0.3 is 0 Å². The number of rotatable bonds is 4. The van der Waals surface area contributed by atoms with E-state index in [2.05, 4.69) is 10.6 Å². The first-order chi connectivity index (χ1) is 12.3. The molecule has 0 amide bonds. The van der Waals surface area contributed by atoms with Gasteiger partial charge in [-0.1, -0.05) is 12.1 Å². The lowest BCUT2D eigenvalue weighted by Crippen LogP contribution is -2.99. The largest absolute Gasteiger partial charge is 0.595 e. The highest BCUT2D eigenvalue weighted by Crippen LogP contribution is 2.31. The number of aliphatic hydroxyl groups is 1. The first-order valence-corrected chi connectivity index (χ1v) is 7.53. The van der Waals surface area contributed by atoms with Crippen LogP contribution in [-0.4, -0.2) is 27.5 Å². The summed E-state index contributed by atoms with van der Waals surface area (Å²) in [5, 5.41) is 53.5. The number of carbonyl (C=O) groups is 1. The molecule has 0 radical (unpaired) electrons. The number of quaternary nitrogens is 2. The molecular formula is C16H16N4O6. The molecule has 1 heterocycles. The Morgan fingerprint density at radius 2 is 1.73 bits per heavy atom. The van der Waals surface area contributed by atoms with Crippen LogP contribution < -0.4 is 21.1 Å². The highest BCUT2D eigenvalue weighted by Gasteiger charge is 2.22. The molecule has 2 aromatic rings. The summed E-state index contributed by atoms with van der Waals surface area (Å²) in [6.45, 7) is 0. The fraction of sp³-hybridized carbons (Fsp3) is 0.0625. The number of hydrogen-bond donors (Lipinski definition) is 7. The maximum Gasteiger partial charge on any atom is 0.187 e. The second kappa shape index (κ2) is 7.19. The topological polar surface area (TPSA) is 157 Å². The van der Waals surface area contributed by atoms with Crippen LogP contribution in [0.1, 0.15) is 10.4 Å². The minimum absolute atomic E-state index is 0.0175. The van der Waals surface area contributed by atoms with Gasteiger partial charge in [0.25, 0.3) is 0 Å². The number of benzene rings is 2. The van der Waals surface area contributed by atoms with Crippen LogP contribution in [-0.2, 0) is 0 Å². The molecule has 0 aliphatic carbocycles. The van der Waals surface area contributed by atoms with Gasteiger partial charge in [-0.05, 0) is 6.07 Å². The average molecular weight is 360 g/mol. The van der Waals surface area contributed by atoms with Crippen LogP contribution in [0.25, 0.3) is 0 Å². The third-order valence-electron chi connectivity index (χ3n) is 3.81. The van der Waals surface area contributed by atoms with Crippen LogP contribution >= 0.6 is 0 Å². The second-order valence-electron chi connectivity index (χ2n) is 5.59. The van der Waals surface area contributed by atoms with Gasteiger partial charge in [0.05, 0.1) is 17.1 Å². The van der Waals surface area contributed by atoms with Gasteiger partial charge in [-0.25, -0.2) is 10.4 Å². The Labute approximate surface area is 147 Å². The molecule has 1 aliphatic heterocycles. The molecule has 10 nitrogen and oxygen atoms in total. The number of aliphatic hydroxyl groups excluding tert-OH is 1. The van der Waals surface area contributed by atoms with Crippen LogP contribution in [0, 0.1) is 10.4 Å². The Hall–Kier alpha value is -2.83. The quantitative estimate of drug-likeness (QED) is 0.217. The van der Waals surface area contributed by atoms with Gasteiger partial charge in [0.2, 0.25) is 0 Å². The van der Waals surface area contributed by atoms with Crippen molar-refractivity contribution in [2.24, 2.45) is 0 Å². The highest BCUT2D eigenvalue weighted by atomic mass is 16.8. The molecule has 3 unspecified atom stereocenters. The summed E-state index contributed by atoms with van der Waals surface area (Å²) in [6, 6.07) is 9.82. The number of fused-ring (bicyclic) bond motifs is 1. The fourth-order valence-electron chi connectivity index (χ4n) is 2.50. The van der Waals surface area contributed by atoms with E-state index in [0.717, 1.165) is 6.08 Å². The normalized spacial score (nSPS) is 19.9. The molecule has 0 bridgehead atoms. The summed E-state index contributed by atoms with van der Waals surface area (Å²) in [7, 11) is 0. The summed E-state index contributed by atoms with van der Waals surface area (Å²) >= 11 is 0. The van der Waals surface area contributed by atoms with Crippen molar-refractivity contribution in [2.45, 2.75) is 6.23 Å². The molecule has 0 saturated heterocycles. The SMILES string of the molecule is O=C(/C=C1/Nc2ccc([NH+]([O-])O)cc2NC1O)c1cccc([NH+]([O-])O)c1. The van der Waals surface area contributed by atoms with E-state index >= 15 is 0 Å². The van der Waals surface area contributed by atoms with Gasteiger partial charge in [-0.2, -0.15) is 10.5 Å². The number of hydrogen-bond acceptors (Lipinski definition) is 8. The van der Waals surface area contributed by atoms with Crippen molar-refractivity contribution in [1.29, 1.82) is 0 Å². The molecule has 3 rings (SSSR count). The van der Waals surface area contributed by atoms with Crippen molar-refractivity contribution in [3.63, 3.8) is 0 Å². The summed E-state index contributed by atoms with van der Waals surface area (Å²) in [5.41, 5.74) is 1.24. The summed E-state index contributed by atoms with van der Waals surface area (Å²) in [5.74, 6) is -0.484. The van der Waals surface area contributed by atoms with Crippen molar-refractivity contribution in [2.75, 3.05) is 10.6 Å². The number of carbonyl (C=O) groups excluding carboxylic acids is 1. The molecule has 1 aliphatic rings. The molecule has 26 heavy (non-hydrogen) atoms. The molecule has 7 N–H and O–H groups in total. The lowest BCUT2D eigenvalue weighted by atomic mass is 10.1. The number of ketones is 1. The molecule has 136 valence electrons. The van der Waals surface area contributed by atoms with Gasteiger partial charge < -0.3 is 26.2 Å². The molecule has 0 fully saturated rings. The molecule has 0 saturated carbocycles. The van der Waals surface area contributed by atoms with E-state index in [0.29, 0.717) is 11.4 Å². The summed E-state index contributed by atoms with van der Waals surface area (Å²) in [4.78, 5) is 12.4. The number of anilines is 2. The van der Waals surface area contributed by atoms with Crippen LogP contribution in [0.2, 0.25) is 0 Å². The van der Waals surface area contributed by atoms with Crippen molar-refractivity contribution in [3.05, 3.63) is 70.2 Å². The highest BCUT2D eigenvalue weighted by molar-refractivity contribution is 6.05. The Morgan fingerprint density at radius 1 is 1.04 bits per heavy atom. The predicted molar refractivity (Wildman–Crippen MR) is 90.1 cm³/mol. The third-order valence-corrected chi connectivity index (χ3v) is 3.81. The van der Waals surface area contributed by atoms with Crippen molar-refractivity contribution in [1.82, 2.24) is 0 Å². The lowest BCUT2D eigenvalue weighted by Gasteiger charge is -2.28. The molecule has 10 heteroatoms. The van der Waals surface area contributed by atoms with E-state index in [-0.39, 0.29) is 22.6 Å². The Bertz CT molecular complexity index is 868. The van der Waals surface area contributed by atoms with Gasteiger partial charge in [0.15, 0.2) is 23.4 Å². The van der Waals surface area contributed by atoms with Gasteiger partial charge in [0.1, 0.15) is 0 Å². The Kier molecular flexibility index (Phi) is 4.97. The smallest absolute Gasteiger partial charge is 0.187 e. The van der Waals surface area contributed by atoms with Crippen molar-refractivity contribution >= 4 is 28.5 Å². The fourth-order valence-corrected chi connectivity index (χ4v) is 2.50. The lowest BCUT2D eigenvalue weighted by molar-refractivity contribution is -0.991. The van der Waals surface area contributed by atoms with Crippen molar-refractivity contribution in [3.8, 4) is 0 Å². The average Bonchev–Trinajstić information content (AvgIpc) is 2.61. The van der Waals surface area contributed by atoms with E-state index in [1.54, 1.807) is 0 Å². The Balaban J connectivity index is 1.85. The van der Waals surface area contributed by atoms with Gasteiger partial charge in [0, 0.05) is 35.9 Å². The third kappa shape index (κ3) is 3.71. The van der Waals surface area contributed by atoms with E-state index in [4.69, 9.17) is 10.4 Å². The molecule has 0 aromatic heterocycles. The second-order valence-corrected chi connectivity index (χ2v) is 5.59. The minimum atomic E-state index is -1.25. The standard InChI is InChI=1S/C16H16N4O6/c21-15(9-2-1-3-10(6-9)19(23)24)8-14-16(22)18-13-7-11(20(25)26)4-5-12(13)17-14/h1-8,16-20,22-23,25H/b14-8+. The van der Waals surface area contributed by atoms with Gasteiger partial charge in [-0.15, -0.1) is 0 Å². The van der Waals surface area contributed by atoms with E-state index in [9.17, 15) is 20.3 Å². The zero-order valence-electron chi connectivity index (χ0n) is 13.3. The Morgan fingerprint density at radius 3 is 2.42 bits per heavy atom. The number of allylic oxidation sites excluding steroid dienone is 1. The zero-order valence-corrected chi connectivity index (χ0v) is 13.3. The maximum atomic E-state index is 12.4. The molecule has 0 spiro atoms. The van der Waals surface area contributed by atoms with E-state index < -0.39 is 22.5 Å². The first-order valence-electron chi connectivity index (χ1n) is 7.53.